The molecule has 2 aromatic carbocycles. The molecule has 0 radical (unpaired) electrons. The molecule has 0 aliphatic carbocycles. The molecule has 2 amide bonds. The van der Waals surface area contributed by atoms with Crippen molar-refractivity contribution in [3.63, 3.8) is 0 Å². The number of rotatable bonds is 8. The van der Waals surface area contributed by atoms with E-state index >= 15 is 0 Å². The summed E-state index contributed by atoms with van der Waals surface area (Å²) in [4.78, 5) is 39.0. The van der Waals surface area contributed by atoms with Crippen molar-refractivity contribution in [3.8, 4) is 17.5 Å². The number of amides is 2. The smallest absolute Gasteiger partial charge is 0.411 e. The number of aromatic nitrogens is 1. The summed E-state index contributed by atoms with van der Waals surface area (Å²) in [7, 11) is -0.406. The summed E-state index contributed by atoms with van der Waals surface area (Å²) < 4.78 is 37.6. The van der Waals surface area contributed by atoms with Crippen molar-refractivity contribution in [2.45, 2.75) is 51.9 Å². The van der Waals surface area contributed by atoms with Gasteiger partial charge in [0.25, 0.3) is 11.1 Å². The van der Waals surface area contributed by atoms with E-state index in [0.29, 0.717) is 56.6 Å². The number of carbonyl (C=O) groups excluding carboxylic acids is 2. The summed E-state index contributed by atoms with van der Waals surface area (Å²) in [5, 5.41) is 3.26. The molecule has 0 spiro atoms. The highest BCUT2D eigenvalue weighted by Crippen LogP contribution is 2.39. The fraction of sp³-hybridized carbons (Fsp3) is 0.419. The van der Waals surface area contributed by atoms with Crippen LogP contribution in [0.2, 0.25) is 0 Å². The summed E-state index contributed by atoms with van der Waals surface area (Å²) >= 11 is 1.29. The number of fused-ring (bicyclic) bond motifs is 1. The third-order valence-corrected chi connectivity index (χ3v) is 8.80. The van der Waals surface area contributed by atoms with Gasteiger partial charge >= 0.3 is 6.09 Å². The molecule has 0 saturated carbocycles. The van der Waals surface area contributed by atoms with E-state index in [1.165, 1.54) is 24.7 Å². The first kappa shape index (κ1) is 34.5. The van der Waals surface area contributed by atoms with E-state index in [-0.39, 0.29) is 12.6 Å². The van der Waals surface area contributed by atoms with Crippen LogP contribution in [0.15, 0.2) is 29.3 Å². The average Bonchev–Trinajstić information content (AvgIpc) is 3.40. The van der Waals surface area contributed by atoms with Gasteiger partial charge in [0.15, 0.2) is 0 Å². The lowest BCUT2D eigenvalue weighted by molar-refractivity contribution is 0.00968. The number of nitrogens with two attached hydrogens (primary N) is 1. The number of nitrogens with one attached hydrogen (secondary N) is 2. The van der Waals surface area contributed by atoms with Crippen LogP contribution in [0.1, 0.15) is 49.2 Å². The van der Waals surface area contributed by atoms with Crippen LogP contribution in [0.5, 0.6) is 5.19 Å². The van der Waals surface area contributed by atoms with Gasteiger partial charge in [0, 0.05) is 43.3 Å². The highest BCUT2D eigenvalue weighted by molar-refractivity contribution is 7.88. The summed E-state index contributed by atoms with van der Waals surface area (Å²) in [5.41, 5.74) is 8.84. The van der Waals surface area contributed by atoms with Gasteiger partial charge < -0.3 is 25.4 Å². The predicted molar refractivity (Wildman–Crippen MR) is 183 cm³/mol. The first-order valence-corrected chi connectivity index (χ1v) is 17.1. The van der Waals surface area contributed by atoms with E-state index < -0.39 is 33.7 Å². The maximum atomic E-state index is 13.7. The monoisotopic (exact) mass is 669 g/mol. The third-order valence-electron chi connectivity index (χ3n) is 7.10. The summed E-state index contributed by atoms with van der Waals surface area (Å²) in [6.45, 7) is 8.08. The van der Waals surface area contributed by atoms with Gasteiger partial charge in [-0.25, -0.2) is 22.9 Å². The number of aliphatic imine (C=N–C) groups is 1. The minimum Gasteiger partial charge on any atom is -0.473 e. The second-order valence-corrected chi connectivity index (χ2v) is 14.7. The minimum atomic E-state index is -3.49. The Morgan fingerprint density at radius 1 is 1.28 bits per heavy atom. The number of carbonyl (C=O) groups is 2. The Labute approximate surface area is 273 Å². The van der Waals surface area contributed by atoms with Gasteiger partial charge in [-0.3, -0.25) is 14.7 Å². The van der Waals surface area contributed by atoms with Crippen LogP contribution in [0.3, 0.4) is 0 Å². The molecule has 1 saturated heterocycles. The number of nitrogens with zero attached hydrogens (tertiary/aromatic N) is 4. The Morgan fingerprint density at radius 2 is 2.00 bits per heavy atom. The van der Waals surface area contributed by atoms with Gasteiger partial charge in [-0.05, 0) is 57.5 Å². The van der Waals surface area contributed by atoms with Crippen LogP contribution < -0.4 is 25.4 Å². The number of ether oxygens (including phenoxy) is 2. The average molecular weight is 670 g/mol. The van der Waals surface area contributed by atoms with Gasteiger partial charge in [-0.15, -0.1) is 6.42 Å². The first-order chi connectivity index (χ1) is 21.5. The number of sulfonamides is 1. The molecule has 4 N–H and O–H groups in total. The Bertz CT molecular complexity index is 1820. The Balaban J connectivity index is 1.67. The number of hydrogen-bond donors (Lipinski definition) is 3. The van der Waals surface area contributed by atoms with Crippen molar-refractivity contribution in [3.05, 3.63) is 41.0 Å². The molecular formula is C31H39N7O6S2. The van der Waals surface area contributed by atoms with Crippen LogP contribution in [-0.2, 0) is 21.3 Å². The maximum absolute atomic E-state index is 13.7. The largest absolute Gasteiger partial charge is 0.473 e. The number of nitrogen functional groups attached to an aromatic ring is 1. The molecular weight excluding hydrogens is 631 g/mol. The summed E-state index contributed by atoms with van der Waals surface area (Å²) in [5.74, 6) is 2.29. The molecule has 1 aromatic heterocycles. The lowest BCUT2D eigenvalue weighted by atomic mass is 10.0. The summed E-state index contributed by atoms with van der Waals surface area (Å²) in [6, 6.07) is 5.96. The summed E-state index contributed by atoms with van der Waals surface area (Å²) in [6.07, 6.45) is 8.02. The predicted octanol–water partition coefficient (Wildman–Crippen LogP) is 3.68. The zero-order valence-electron chi connectivity index (χ0n) is 26.9. The fourth-order valence-electron chi connectivity index (χ4n) is 5.14. The van der Waals surface area contributed by atoms with Gasteiger partial charge in [0.1, 0.15) is 17.2 Å². The van der Waals surface area contributed by atoms with Crippen LogP contribution >= 0.6 is 11.3 Å². The Morgan fingerprint density at radius 3 is 2.61 bits per heavy atom. The van der Waals surface area contributed by atoms with Crippen LogP contribution in [-0.4, -0.2) is 87.7 Å². The van der Waals surface area contributed by atoms with Gasteiger partial charge in [0.2, 0.25) is 10.0 Å². The van der Waals surface area contributed by atoms with E-state index in [4.69, 9.17) is 21.6 Å². The number of thiazole rings is 1. The topological polar surface area (TPSA) is 169 Å². The molecule has 13 nitrogen and oxygen atoms in total. The SMILES string of the molecule is C#C[C@H]1CN(c2ccc(C(=O)Nc3cc(C=NC)c(N)c(CNS(C)(=O)=O)c3)c3nc(OC)sc23)CC(C)N1C(=O)OC(C)(C)C. The molecule has 3 aromatic rings. The molecule has 2 atom stereocenters. The quantitative estimate of drug-likeness (QED) is 0.184. The maximum Gasteiger partial charge on any atom is 0.411 e. The van der Waals surface area contributed by atoms with Crippen molar-refractivity contribution in [2.75, 3.05) is 49.5 Å². The second-order valence-electron chi connectivity index (χ2n) is 11.9. The van der Waals surface area contributed by atoms with Crippen molar-refractivity contribution in [2.24, 2.45) is 4.99 Å². The van der Waals surface area contributed by atoms with Gasteiger partial charge in [-0.2, -0.15) is 0 Å². The molecule has 0 bridgehead atoms. The molecule has 46 heavy (non-hydrogen) atoms. The number of methoxy groups -OCH3 is 1. The number of terminal acetylenes is 1. The number of hydrogen-bond acceptors (Lipinski definition) is 11. The zero-order valence-corrected chi connectivity index (χ0v) is 28.5. The lowest BCUT2D eigenvalue weighted by Crippen LogP contribution is -2.60. The normalized spacial score (nSPS) is 17.3. The Hall–Kier alpha value is -4.39. The van der Waals surface area contributed by atoms with Crippen LogP contribution in [0.25, 0.3) is 10.2 Å². The molecule has 1 fully saturated rings. The van der Waals surface area contributed by atoms with Crippen molar-refractivity contribution < 1.29 is 27.5 Å². The molecule has 246 valence electrons. The van der Waals surface area contributed by atoms with E-state index in [0.717, 1.165) is 11.9 Å². The Kier molecular flexibility index (Phi) is 10.1. The third kappa shape index (κ3) is 7.87. The molecule has 1 aliphatic rings. The van der Waals surface area contributed by atoms with Crippen LogP contribution in [0.4, 0.5) is 21.9 Å². The number of piperazine rings is 1. The second kappa shape index (κ2) is 13.5. The number of benzene rings is 2. The lowest BCUT2D eigenvalue weighted by Gasteiger charge is -2.44. The molecule has 1 unspecified atom stereocenters. The van der Waals surface area contributed by atoms with E-state index in [9.17, 15) is 18.0 Å². The fourth-order valence-corrected chi connectivity index (χ4v) is 6.51. The van der Waals surface area contributed by atoms with Crippen molar-refractivity contribution >= 4 is 66.9 Å². The van der Waals surface area contributed by atoms with E-state index in [1.54, 1.807) is 30.1 Å². The first-order valence-electron chi connectivity index (χ1n) is 14.4. The zero-order chi connectivity index (χ0) is 34.0. The molecule has 15 heteroatoms. The van der Waals surface area contributed by atoms with E-state index in [1.807, 2.05) is 33.8 Å². The molecule has 1 aliphatic heterocycles. The van der Waals surface area contributed by atoms with Crippen molar-refractivity contribution in [1.29, 1.82) is 0 Å². The van der Waals surface area contributed by atoms with Crippen molar-refractivity contribution in [1.82, 2.24) is 14.6 Å². The van der Waals surface area contributed by atoms with E-state index in [2.05, 4.69) is 30.8 Å². The highest BCUT2D eigenvalue weighted by atomic mass is 32.2. The minimum absolute atomic E-state index is 0.0700. The number of anilines is 3. The van der Waals surface area contributed by atoms with Crippen LogP contribution in [0, 0.1) is 12.3 Å². The molecule has 2 heterocycles. The highest BCUT2D eigenvalue weighted by Gasteiger charge is 2.38. The standard InChI is InChI=1S/C31H39N7O6S2/c1-9-22-17-37(16-18(2)38(22)30(40)44-31(3,4)5)24-11-10-23(26-27(24)45-29(36-26)43-7)28(39)35-21-12-19(14-33-6)25(32)20(13-21)15-34-46(8,41)42/h1,10-14,18,22,34H,15-17,32H2,2-8H3,(H,35,39)/t18?,22-/m0/s1. The van der Waals surface area contributed by atoms with Gasteiger partial charge in [0.05, 0.1) is 41.9 Å². The van der Waals surface area contributed by atoms with Gasteiger partial charge in [-0.1, -0.05) is 17.3 Å². The molecule has 4 rings (SSSR count).